The number of likely N-dealkylation sites (tertiary alicyclic amines) is 2. The van der Waals surface area contributed by atoms with Crippen LogP contribution in [0.5, 0.6) is 0 Å². The quantitative estimate of drug-likeness (QED) is 0.740. The van der Waals surface area contributed by atoms with Gasteiger partial charge in [0.1, 0.15) is 0 Å². The van der Waals surface area contributed by atoms with Crippen LogP contribution in [0.1, 0.15) is 60.3 Å². The minimum Gasteiger partial charge on any atom is -0.377 e. The van der Waals surface area contributed by atoms with Crippen molar-refractivity contribution >= 4 is 0 Å². The van der Waals surface area contributed by atoms with Crippen LogP contribution < -0.4 is 0 Å². The van der Waals surface area contributed by atoms with Gasteiger partial charge in [-0.15, -0.1) is 0 Å². The van der Waals surface area contributed by atoms with Gasteiger partial charge >= 0.3 is 0 Å². The average molecular weight is 313 g/mol. The molecule has 132 valence electrons. The minimum absolute atomic E-state index is 0.519. The average Bonchev–Trinajstić information content (AvgIpc) is 2.58. The second-order valence-corrected chi connectivity index (χ2v) is 6.93. The van der Waals surface area contributed by atoms with Gasteiger partial charge in [-0.05, 0) is 57.2 Å². The highest BCUT2D eigenvalue weighted by Gasteiger charge is 2.22. The molecule has 2 saturated heterocycles. The third kappa shape index (κ3) is 6.97. The van der Waals surface area contributed by atoms with Gasteiger partial charge in [-0.25, -0.2) is 0 Å². The fourth-order valence-electron chi connectivity index (χ4n) is 3.58. The van der Waals surface area contributed by atoms with E-state index in [0.29, 0.717) is 6.10 Å². The Labute approximate surface area is 139 Å². The predicted molar refractivity (Wildman–Crippen MR) is 96.4 cm³/mol. The van der Waals surface area contributed by atoms with Gasteiger partial charge in [0, 0.05) is 19.6 Å². The molecule has 0 aromatic carbocycles. The first-order chi connectivity index (χ1) is 10.7. The fraction of sp³-hybridized carbons (Fsp3) is 1.00. The normalized spacial score (nSPS) is 22.6. The highest BCUT2D eigenvalue weighted by molar-refractivity contribution is 4.75. The van der Waals surface area contributed by atoms with Gasteiger partial charge in [0.05, 0.1) is 12.7 Å². The molecule has 3 heteroatoms. The zero-order valence-corrected chi connectivity index (χ0v) is 15.8. The minimum atomic E-state index is 0.519. The van der Waals surface area contributed by atoms with Crippen LogP contribution in [0, 0.1) is 11.8 Å². The van der Waals surface area contributed by atoms with E-state index < -0.39 is 0 Å². The van der Waals surface area contributed by atoms with Crippen molar-refractivity contribution in [2.45, 2.75) is 66.4 Å². The van der Waals surface area contributed by atoms with Crippen LogP contribution in [0.15, 0.2) is 0 Å². The lowest BCUT2D eigenvalue weighted by atomic mass is 9.87. The molecule has 2 aliphatic rings. The highest BCUT2D eigenvalue weighted by Crippen LogP contribution is 2.24. The van der Waals surface area contributed by atoms with Gasteiger partial charge in [-0.1, -0.05) is 34.6 Å². The molecule has 0 N–H and O–H groups in total. The Bertz CT molecular complexity index is 254. The third-order valence-corrected chi connectivity index (χ3v) is 5.32. The van der Waals surface area contributed by atoms with Gasteiger partial charge in [-0.3, -0.25) is 0 Å². The van der Waals surface area contributed by atoms with E-state index in [1.165, 1.54) is 58.4 Å². The number of rotatable bonds is 6. The molecule has 0 saturated carbocycles. The maximum absolute atomic E-state index is 6.08. The molecule has 22 heavy (non-hydrogen) atoms. The van der Waals surface area contributed by atoms with Crippen LogP contribution in [0.25, 0.3) is 0 Å². The van der Waals surface area contributed by atoms with Crippen LogP contribution in [0.4, 0.5) is 0 Å². The van der Waals surface area contributed by atoms with Gasteiger partial charge in [-0.2, -0.15) is 0 Å². The van der Waals surface area contributed by atoms with E-state index in [1.807, 2.05) is 13.8 Å². The van der Waals surface area contributed by atoms with E-state index in [1.54, 1.807) is 0 Å². The summed E-state index contributed by atoms with van der Waals surface area (Å²) in [7, 11) is 0. The molecule has 0 atom stereocenters. The highest BCUT2D eigenvalue weighted by atomic mass is 16.5. The maximum Gasteiger partial charge on any atom is 0.0600 e. The van der Waals surface area contributed by atoms with Gasteiger partial charge in [0.25, 0.3) is 0 Å². The number of piperidine rings is 2. The molecular formula is C19H40N2O. The van der Waals surface area contributed by atoms with Crippen LogP contribution in [0.3, 0.4) is 0 Å². The molecule has 0 spiro atoms. The topological polar surface area (TPSA) is 15.7 Å². The van der Waals surface area contributed by atoms with E-state index in [2.05, 4.69) is 30.6 Å². The molecule has 0 amide bonds. The lowest BCUT2D eigenvalue weighted by Gasteiger charge is -2.35. The summed E-state index contributed by atoms with van der Waals surface area (Å²) in [5, 5.41) is 0. The second kappa shape index (κ2) is 11.4. The van der Waals surface area contributed by atoms with Crippen molar-refractivity contribution in [1.29, 1.82) is 0 Å². The first kappa shape index (κ1) is 19.9. The standard InChI is InChI=1S/C17H34N2O.C2H6/c1-4-18-11-7-17(8-12-18)20-14-13-19-9-5-16(6-10-19)15(2)3;1-2/h15-17H,4-14H2,1-3H3;1-2H3. The van der Waals surface area contributed by atoms with Crippen LogP contribution in [-0.2, 0) is 4.74 Å². The van der Waals surface area contributed by atoms with Crippen LogP contribution in [0.2, 0.25) is 0 Å². The smallest absolute Gasteiger partial charge is 0.0600 e. The Morgan fingerprint density at radius 1 is 0.909 bits per heavy atom. The van der Waals surface area contributed by atoms with Crippen LogP contribution in [-0.4, -0.2) is 61.8 Å². The summed E-state index contributed by atoms with van der Waals surface area (Å²) in [4.78, 5) is 5.12. The Morgan fingerprint density at radius 3 is 1.95 bits per heavy atom. The third-order valence-electron chi connectivity index (χ3n) is 5.32. The molecule has 2 aliphatic heterocycles. The van der Waals surface area contributed by atoms with E-state index in [0.717, 1.165) is 25.0 Å². The van der Waals surface area contributed by atoms with Gasteiger partial charge in [0.15, 0.2) is 0 Å². The first-order valence-corrected chi connectivity index (χ1v) is 9.75. The molecule has 0 aromatic rings. The van der Waals surface area contributed by atoms with E-state index in [4.69, 9.17) is 4.74 Å². The fourth-order valence-corrected chi connectivity index (χ4v) is 3.58. The summed E-state index contributed by atoms with van der Waals surface area (Å²) in [5.74, 6) is 1.81. The summed E-state index contributed by atoms with van der Waals surface area (Å²) in [6.07, 6.45) is 5.73. The monoisotopic (exact) mass is 312 g/mol. The molecule has 0 aliphatic carbocycles. The van der Waals surface area contributed by atoms with Crippen molar-refractivity contribution in [3.8, 4) is 0 Å². The summed E-state index contributed by atoms with van der Waals surface area (Å²) >= 11 is 0. The van der Waals surface area contributed by atoms with Crippen molar-refractivity contribution < 1.29 is 4.74 Å². The lowest BCUT2D eigenvalue weighted by molar-refractivity contribution is -0.00458. The zero-order valence-electron chi connectivity index (χ0n) is 15.8. The number of hydrogen-bond acceptors (Lipinski definition) is 3. The van der Waals surface area contributed by atoms with Crippen molar-refractivity contribution in [3.05, 3.63) is 0 Å². The Balaban J connectivity index is 0.00000116. The SMILES string of the molecule is CC.CCN1CCC(OCCN2CCC(C(C)C)CC2)CC1. The summed E-state index contributed by atoms with van der Waals surface area (Å²) in [6.45, 7) is 19.3. The van der Waals surface area contributed by atoms with Gasteiger partial charge < -0.3 is 14.5 Å². The van der Waals surface area contributed by atoms with Crippen LogP contribution >= 0.6 is 0 Å². The van der Waals surface area contributed by atoms with E-state index in [9.17, 15) is 0 Å². The van der Waals surface area contributed by atoms with Crippen molar-refractivity contribution in [1.82, 2.24) is 9.80 Å². The van der Waals surface area contributed by atoms with E-state index >= 15 is 0 Å². The zero-order chi connectivity index (χ0) is 16.4. The lowest BCUT2D eigenvalue weighted by Crippen LogP contribution is -2.40. The second-order valence-electron chi connectivity index (χ2n) is 6.93. The molecule has 0 aromatic heterocycles. The summed E-state index contributed by atoms with van der Waals surface area (Å²) in [6, 6.07) is 0. The Morgan fingerprint density at radius 2 is 1.45 bits per heavy atom. The molecular weight excluding hydrogens is 272 g/mol. The van der Waals surface area contributed by atoms with Crippen molar-refractivity contribution in [2.24, 2.45) is 11.8 Å². The molecule has 2 rings (SSSR count). The molecule has 0 unspecified atom stereocenters. The molecule has 2 heterocycles. The predicted octanol–water partition coefficient (Wildman–Crippen LogP) is 3.88. The largest absolute Gasteiger partial charge is 0.377 e. The Kier molecular flexibility index (Phi) is 10.3. The van der Waals surface area contributed by atoms with Crippen molar-refractivity contribution in [2.75, 3.05) is 45.9 Å². The molecule has 0 bridgehead atoms. The van der Waals surface area contributed by atoms with E-state index in [-0.39, 0.29) is 0 Å². The molecule has 0 radical (unpaired) electrons. The Hall–Kier alpha value is -0.120. The maximum atomic E-state index is 6.08. The first-order valence-electron chi connectivity index (χ1n) is 9.75. The van der Waals surface area contributed by atoms with Crippen molar-refractivity contribution in [3.63, 3.8) is 0 Å². The molecule has 2 fully saturated rings. The molecule has 3 nitrogen and oxygen atoms in total. The number of nitrogens with zero attached hydrogens (tertiary/aromatic N) is 2. The summed E-state index contributed by atoms with van der Waals surface area (Å²) in [5.41, 5.74) is 0. The number of hydrogen-bond donors (Lipinski definition) is 0. The number of ether oxygens (including phenoxy) is 1. The summed E-state index contributed by atoms with van der Waals surface area (Å²) < 4.78 is 6.08. The van der Waals surface area contributed by atoms with Gasteiger partial charge in [0.2, 0.25) is 0 Å².